The molecule has 0 radical (unpaired) electrons. The third-order valence-corrected chi connectivity index (χ3v) is 5.35. The smallest absolute Gasteiger partial charge is 0.209 e. The van der Waals surface area contributed by atoms with Crippen molar-refractivity contribution in [3.05, 3.63) is 24.3 Å². The zero-order valence-corrected chi connectivity index (χ0v) is 21.4. The van der Waals surface area contributed by atoms with Gasteiger partial charge in [0.2, 0.25) is 11.7 Å². The van der Waals surface area contributed by atoms with Crippen LogP contribution in [0.25, 0.3) is 11.2 Å². The Morgan fingerprint density at radius 3 is 2.06 bits per heavy atom. The molecule has 3 rings (SSSR count). The summed E-state index contributed by atoms with van der Waals surface area (Å²) >= 11 is 0. The lowest BCUT2D eigenvalue weighted by Crippen LogP contribution is -2.32. The van der Waals surface area contributed by atoms with E-state index < -0.39 is 0 Å². The van der Waals surface area contributed by atoms with Gasteiger partial charge < -0.3 is 30.2 Å². The van der Waals surface area contributed by atoms with Crippen LogP contribution < -0.4 is 30.2 Å². The van der Waals surface area contributed by atoms with E-state index in [9.17, 15) is 0 Å². The van der Waals surface area contributed by atoms with Crippen LogP contribution in [0.2, 0.25) is 0 Å². The molecule has 9 nitrogen and oxygen atoms in total. The van der Waals surface area contributed by atoms with Gasteiger partial charge in [-0.3, -0.25) is 4.57 Å². The Morgan fingerprint density at radius 2 is 1.56 bits per heavy atom. The lowest BCUT2D eigenvalue weighted by molar-refractivity contribution is 0.324. The van der Waals surface area contributed by atoms with Gasteiger partial charge in [0.25, 0.3) is 0 Å². The number of ether oxygens (including phenoxy) is 3. The van der Waals surface area contributed by atoms with Crippen molar-refractivity contribution in [3.63, 3.8) is 0 Å². The molecule has 2 heterocycles. The van der Waals surface area contributed by atoms with Crippen molar-refractivity contribution in [1.82, 2.24) is 14.5 Å². The predicted molar refractivity (Wildman–Crippen MR) is 138 cm³/mol. The van der Waals surface area contributed by atoms with Gasteiger partial charge in [-0.2, -0.15) is 0 Å². The summed E-state index contributed by atoms with van der Waals surface area (Å²) in [4.78, 5) is 12.2. The number of hydrogen-bond acceptors (Lipinski definition) is 8. The van der Waals surface area contributed by atoms with Crippen molar-refractivity contribution in [2.45, 2.75) is 34.2 Å². The summed E-state index contributed by atoms with van der Waals surface area (Å²) < 4.78 is 18.4. The van der Waals surface area contributed by atoms with Gasteiger partial charge in [0.1, 0.15) is 11.3 Å². The van der Waals surface area contributed by atoms with Crippen molar-refractivity contribution in [2.75, 3.05) is 51.2 Å². The molecule has 186 valence electrons. The van der Waals surface area contributed by atoms with Gasteiger partial charge in [-0.1, -0.05) is 27.7 Å². The fraction of sp³-hybridized carbons (Fsp3) is 0.520. The van der Waals surface area contributed by atoms with E-state index in [1.807, 2.05) is 22.8 Å². The lowest BCUT2D eigenvalue weighted by Gasteiger charge is -2.27. The number of pyridine rings is 1. The van der Waals surface area contributed by atoms with Crippen LogP contribution in [0.1, 0.15) is 27.7 Å². The Labute approximate surface area is 202 Å². The summed E-state index contributed by atoms with van der Waals surface area (Å²) in [5.74, 6) is 4.32. The summed E-state index contributed by atoms with van der Waals surface area (Å²) in [5, 5.41) is 3.39. The molecule has 3 N–H and O–H groups in total. The third-order valence-electron chi connectivity index (χ3n) is 5.35. The number of fused-ring (bicyclic) bond motifs is 1. The van der Waals surface area contributed by atoms with Gasteiger partial charge in [-0.25, -0.2) is 9.97 Å². The molecule has 3 aromatic rings. The minimum atomic E-state index is 0.461. The normalized spacial score (nSPS) is 11.4. The van der Waals surface area contributed by atoms with E-state index in [0.29, 0.717) is 48.1 Å². The maximum atomic E-state index is 5.96. The number of methoxy groups -OCH3 is 3. The molecule has 2 aromatic heterocycles. The molecule has 0 bridgehead atoms. The highest BCUT2D eigenvalue weighted by molar-refractivity contribution is 5.78. The van der Waals surface area contributed by atoms with Crippen molar-refractivity contribution >= 4 is 28.6 Å². The second kappa shape index (κ2) is 11.3. The lowest BCUT2D eigenvalue weighted by atomic mass is 10.1. The largest absolute Gasteiger partial charge is 0.493 e. The van der Waals surface area contributed by atoms with Crippen LogP contribution in [-0.2, 0) is 6.54 Å². The number of nitrogens with zero attached hydrogens (tertiary/aromatic N) is 4. The van der Waals surface area contributed by atoms with E-state index in [0.717, 1.165) is 35.8 Å². The number of hydrogen-bond donors (Lipinski definition) is 2. The number of nitrogens with two attached hydrogens (primary N) is 1. The van der Waals surface area contributed by atoms with Crippen LogP contribution in [-0.4, -0.2) is 55.5 Å². The summed E-state index contributed by atoms with van der Waals surface area (Å²) in [5.41, 5.74) is 8.32. The van der Waals surface area contributed by atoms with Gasteiger partial charge in [-0.15, -0.1) is 0 Å². The number of nitrogens with one attached hydrogen (secondary N) is 1. The second-order valence-electron chi connectivity index (χ2n) is 9.12. The van der Waals surface area contributed by atoms with Gasteiger partial charge in [0.05, 0.1) is 21.3 Å². The molecule has 0 amide bonds. The molecule has 0 fully saturated rings. The summed E-state index contributed by atoms with van der Waals surface area (Å²) in [7, 11) is 4.77. The van der Waals surface area contributed by atoms with Crippen molar-refractivity contribution < 1.29 is 14.2 Å². The molecule has 0 aliphatic rings. The highest BCUT2D eigenvalue weighted by atomic mass is 16.5. The van der Waals surface area contributed by atoms with Crippen molar-refractivity contribution in [2.24, 2.45) is 17.6 Å². The predicted octanol–water partition coefficient (Wildman–Crippen LogP) is 4.28. The van der Waals surface area contributed by atoms with Crippen LogP contribution in [0.3, 0.4) is 0 Å². The molecule has 9 heteroatoms. The minimum absolute atomic E-state index is 0.461. The topological polar surface area (TPSA) is 99.7 Å². The molecular formula is C25H38N6O3. The molecule has 0 aliphatic heterocycles. The van der Waals surface area contributed by atoms with E-state index in [-0.39, 0.29) is 0 Å². The average molecular weight is 471 g/mol. The molecule has 0 unspecified atom stereocenters. The first-order valence-corrected chi connectivity index (χ1v) is 11.7. The molecule has 0 atom stereocenters. The van der Waals surface area contributed by atoms with Crippen LogP contribution in [0.15, 0.2) is 24.3 Å². The standard InChI is InChI=1S/C25H38N6O3/c1-16(2)14-30(15-17(3)4)22-9-8-19-24(29-22)31(11-10-26)25(28-19)27-18-12-20(32-5)23(34-7)21(13-18)33-6/h8-9,12-13,16-17H,10-11,14-15,26H2,1-7H3,(H,27,28). The zero-order valence-electron chi connectivity index (χ0n) is 21.4. The molecule has 0 saturated heterocycles. The van der Waals surface area contributed by atoms with Crippen molar-refractivity contribution in [1.29, 1.82) is 0 Å². The summed E-state index contributed by atoms with van der Waals surface area (Å²) in [6.07, 6.45) is 0. The maximum absolute atomic E-state index is 5.96. The Kier molecular flexibility index (Phi) is 8.44. The second-order valence-corrected chi connectivity index (χ2v) is 9.12. The number of imidazole rings is 1. The van der Waals surface area contributed by atoms with Gasteiger partial charge >= 0.3 is 0 Å². The molecular weight excluding hydrogens is 432 g/mol. The Hall–Kier alpha value is -3.20. The van der Waals surface area contributed by atoms with E-state index >= 15 is 0 Å². The van der Waals surface area contributed by atoms with E-state index in [4.69, 9.17) is 29.9 Å². The first kappa shape index (κ1) is 25.4. The molecule has 34 heavy (non-hydrogen) atoms. The minimum Gasteiger partial charge on any atom is -0.493 e. The van der Waals surface area contributed by atoms with E-state index in [1.165, 1.54) is 0 Å². The third kappa shape index (κ3) is 5.64. The van der Waals surface area contributed by atoms with Gasteiger partial charge in [0.15, 0.2) is 17.1 Å². The number of anilines is 3. The van der Waals surface area contributed by atoms with E-state index in [2.05, 4.69) is 44.0 Å². The quantitative estimate of drug-likeness (QED) is 0.405. The molecule has 0 saturated carbocycles. The Balaban J connectivity index is 2.04. The highest BCUT2D eigenvalue weighted by Crippen LogP contribution is 2.40. The summed E-state index contributed by atoms with van der Waals surface area (Å²) in [6, 6.07) is 7.77. The first-order chi connectivity index (χ1) is 16.3. The average Bonchev–Trinajstić information content (AvgIpc) is 3.13. The Morgan fingerprint density at radius 1 is 0.941 bits per heavy atom. The van der Waals surface area contributed by atoms with Gasteiger partial charge in [0, 0.05) is 44.0 Å². The Bertz CT molecular complexity index is 1060. The molecule has 0 aliphatic carbocycles. The van der Waals surface area contributed by atoms with Crippen molar-refractivity contribution in [3.8, 4) is 17.2 Å². The zero-order chi connectivity index (χ0) is 24.8. The van der Waals surface area contributed by atoms with Crippen LogP contribution in [0.5, 0.6) is 17.2 Å². The summed E-state index contributed by atoms with van der Waals surface area (Å²) in [6.45, 7) is 11.8. The number of rotatable bonds is 12. The van der Waals surface area contributed by atoms with Crippen LogP contribution >= 0.6 is 0 Å². The first-order valence-electron chi connectivity index (χ1n) is 11.7. The fourth-order valence-electron chi connectivity index (χ4n) is 4.03. The van der Waals surface area contributed by atoms with Crippen LogP contribution in [0.4, 0.5) is 17.5 Å². The monoisotopic (exact) mass is 470 g/mol. The van der Waals surface area contributed by atoms with E-state index in [1.54, 1.807) is 21.3 Å². The van der Waals surface area contributed by atoms with Crippen LogP contribution in [0, 0.1) is 11.8 Å². The fourth-order valence-corrected chi connectivity index (χ4v) is 4.03. The number of aromatic nitrogens is 3. The SMILES string of the molecule is COc1cc(Nc2nc3ccc(N(CC(C)C)CC(C)C)nc3n2CCN)cc(OC)c1OC. The molecule has 0 spiro atoms. The molecule has 1 aromatic carbocycles. The van der Waals surface area contributed by atoms with Gasteiger partial charge in [-0.05, 0) is 24.0 Å². The number of benzene rings is 1. The highest BCUT2D eigenvalue weighted by Gasteiger charge is 2.19. The maximum Gasteiger partial charge on any atom is 0.209 e.